The smallest absolute Gasteiger partial charge is 0.325 e. The number of ether oxygens (including phenoxy) is 1. The van der Waals surface area contributed by atoms with Crippen molar-refractivity contribution in [2.24, 2.45) is 0 Å². The van der Waals surface area contributed by atoms with Crippen molar-refractivity contribution in [3.8, 4) is 0 Å². The second kappa shape index (κ2) is 4.99. The van der Waals surface area contributed by atoms with Gasteiger partial charge in [-0.25, -0.2) is 0 Å². The Morgan fingerprint density at radius 3 is 2.88 bits per heavy atom. The van der Waals surface area contributed by atoms with Gasteiger partial charge in [0.05, 0.1) is 7.11 Å². The molecule has 17 heavy (non-hydrogen) atoms. The average molecular weight is 233 g/mol. The van der Waals surface area contributed by atoms with Crippen LogP contribution in [-0.4, -0.2) is 25.5 Å². The lowest BCUT2D eigenvalue weighted by Crippen LogP contribution is -2.35. The molecule has 0 saturated carbocycles. The highest BCUT2D eigenvalue weighted by atomic mass is 16.5. The van der Waals surface area contributed by atoms with Crippen LogP contribution < -0.4 is 4.90 Å². The number of nitrogens with zero attached hydrogens (tertiary/aromatic N) is 1. The van der Waals surface area contributed by atoms with Gasteiger partial charge in [-0.3, -0.25) is 9.59 Å². The monoisotopic (exact) mass is 233 g/mol. The van der Waals surface area contributed by atoms with Crippen molar-refractivity contribution in [1.29, 1.82) is 0 Å². The zero-order chi connectivity index (χ0) is 12.3. The third-order valence-electron chi connectivity index (χ3n) is 2.94. The molecule has 4 nitrogen and oxygen atoms in total. The van der Waals surface area contributed by atoms with Gasteiger partial charge in [0, 0.05) is 12.1 Å². The molecule has 1 aromatic carbocycles. The fraction of sp³-hybridized carbons (Fsp3) is 0.385. The van der Waals surface area contributed by atoms with Gasteiger partial charge in [-0.15, -0.1) is 0 Å². The number of fused-ring (bicyclic) bond motifs is 1. The van der Waals surface area contributed by atoms with E-state index in [1.54, 1.807) is 0 Å². The molecular formula is C13H15NO3. The minimum atomic E-state index is -0.393. The SMILES string of the molecule is COC(=O)CN1C(=O)CCCc2ccccc21. The molecule has 0 unspecified atom stereocenters. The first-order valence-corrected chi connectivity index (χ1v) is 5.67. The number of aryl methyl sites for hydroxylation is 1. The summed E-state index contributed by atoms with van der Waals surface area (Å²) in [7, 11) is 1.33. The number of amides is 1. The third kappa shape index (κ3) is 2.46. The summed E-state index contributed by atoms with van der Waals surface area (Å²) in [6, 6.07) is 7.70. The van der Waals surface area contributed by atoms with Gasteiger partial charge < -0.3 is 9.64 Å². The predicted molar refractivity (Wildman–Crippen MR) is 63.7 cm³/mol. The van der Waals surface area contributed by atoms with E-state index in [0.717, 1.165) is 24.1 Å². The molecule has 0 bridgehead atoms. The molecule has 90 valence electrons. The van der Waals surface area contributed by atoms with Crippen molar-refractivity contribution in [1.82, 2.24) is 0 Å². The number of hydrogen-bond donors (Lipinski definition) is 0. The van der Waals surface area contributed by atoms with Crippen molar-refractivity contribution in [2.45, 2.75) is 19.3 Å². The first-order valence-electron chi connectivity index (χ1n) is 5.67. The van der Waals surface area contributed by atoms with Crippen LogP contribution in [-0.2, 0) is 20.7 Å². The normalized spacial score (nSPS) is 15.1. The van der Waals surface area contributed by atoms with E-state index in [2.05, 4.69) is 4.74 Å². The maximum Gasteiger partial charge on any atom is 0.325 e. The summed E-state index contributed by atoms with van der Waals surface area (Å²) in [6.07, 6.45) is 2.18. The van der Waals surface area contributed by atoms with Gasteiger partial charge in [-0.2, -0.15) is 0 Å². The van der Waals surface area contributed by atoms with Gasteiger partial charge in [0.1, 0.15) is 6.54 Å². The van der Waals surface area contributed by atoms with Gasteiger partial charge in [-0.05, 0) is 24.5 Å². The molecule has 0 N–H and O–H groups in total. The lowest BCUT2D eigenvalue weighted by atomic mass is 10.1. The van der Waals surface area contributed by atoms with Crippen LogP contribution in [0.4, 0.5) is 5.69 Å². The quantitative estimate of drug-likeness (QED) is 0.728. The zero-order valence-corrected chi connectivity index (χ0v) is 9.81. The van der Waals surface area contributed by atoms with Gasteiger partial charge in [0.2, 0.25) is 5.91 Å². The molecule has 1 aromatic rings. The van der Waals surface area contributed by atoms with Crippen LogP contribution in [0.2, 0.25) is 0 Å². The summed E-state index contributed by atoms with van der Waals surface area (Å²) < 4.78 is 4.62. The number of hydrogen-bond acceptors (Lipinski definition) is 3. The maximum atomic E-state index is 11.9. The Morgan fingerprint density at radius 1 is 1.35 bits per heavy atom. The molecule has 0 spiro atoms. The van der Waals surface area contributed by atoms with Gasteiger partial charge in [-0.1, -0.05) is 18.2 Å². The lowest BCUT2D eigenvalue weighted by Gasteiger charge is -2.21. The van der Waals surface area contributed by atoms with Crippen LogP contribution in [0.15, 0.2) is 24.3 Å². The molecule has 0 radical (unpaired) electrons. The second-order valence-electron chi connectivity index (χ2n) is 4.04. The first-order chi connectivity index (χ1) is 8.22. The fourth-order valence-corrected chi connectivity index (χ4v) is 2.05. The maximum absolute atomic E-state index is 11.9. The Morgan fingerprint density at radius 2 is 2.12 bits per heavy atom. The van der Waals surface area contributed by atoms with Gasteiger partial charge in [0.15, 0.2) is 0 Å². The van der Waals surface area contributed by atoms with E-state index in [1.165, 1.54) is 12.0 Å². The van der Waals surface area contributed by atoms with Crippen LogP contribution in [0, 0.1) is 0 Å². The molecule has 1 amide bonds. The molecule has 0 aromatic heterocycles. The molecular weight excluding hydrogens is 218 g/mol. The molecule has 1 heterocycles. The molecule has 0 fully saturated rings. The molecule has 0 atom stereocenters. The fourth-order valence-electron chi connectivity index (χ4n) is 2.05. The van der Waals surface area contributed by atoms with Crippen LogP contribution in [0.5, 0.6) is 0 Å². The van der Waals surface area contributed by atoms with Crippen molar-refractivity contribution in [3.63, 3.8) is 0 Å². The summed E-state index contributed by atoms with van der Waals surface area (Å²) in [5.74, 6) is -0.407. The Labute approximate surface area is 100 Å². The Kier molecular flexibility index (Phi) is 3.42. The second-order valence-corrected chi connectivity index (χ2v) is 4.04. The Balaban J connectivity index is 2.33. The zero-order valence-electron chi connectivity index (χ0n) is 9.81. The summed E-state index contributed by atoms with van der Waals surface area (Å²) in [5.41, 5.74) is 1.95. The molecule has 0 saturated heterocycles. The van der Waals surface area contributed by atoms with E-state index in [1.807, 2.05) is 24.3 Å². The van der Waals surface area contributed by atoms with Crippen molar-refractivity contribution < 1.29 is 14.3 Å². The van der Waals surface area contributed by atoms with E-state index in [9.17, 15) is 9.59 Å². The minimum absolute atomic E-state index is 0.00759. The van der Waals surface area contributed by atoms with Crippen LogP contribution in [0.25, 0.3) is 0 Å². The number of carbonyl (C=O) groups excluding carboxylic acids is 2. The molecule has 1 aliphatic heterocycles. The number of carbonyl (C=O) groups is 2. The number of anilines is 1. The third-order valence-corrected chi connectivity index (χ3v) is 2.94. The number of benzene rings is 1. The highest BCUT2D eigenvalue weighted by Crippen LogP contribution is 2.26. The van der Waals surface area contributed by atoms with Crippen molar-refractivity contribution >= 4 is 17.6 Å². The van der Waals surface area contributed by atoms with Gasteiger partial charge in [0.25, 0.3) is 0 Å². The number of methoxy groups -OCH3 is 1. The van der Waals surface area contributed by atoms with E-state index in [0.29, 0.717) is 6.42 Å². The minimum Gasteiger partial charge on any atom is -0.468 e. The summed E-state index contributed by atoms with van der Waals surface area (Å²) in [4.78, 5) is 24.8. The first kappa shape index (κ1) is 11.6. The number of para-hydroxylation sites is 1. The van der Waals surface area contributed by atoms with E-state index in [-0.39, 0.29) is 12.5 Å². The Bertz CT molecular complexity index is 442. The van der Waals surface area contributed by atoms with E-state index in [4.69, 9.17) is 0 Å². The molecule has 4 heteroatoms. The predicted octanol–water partition coefficient (Wildman–Crippen LogP) is 1.53. The number of esters is 1. The largest absolute Gasteiger partial charge is 0.468 e. The van der Waals surface area contributed by atoms with Crippen LogP contribution >= 0.6 is 0 Å². The molecule has 0 aliphatic carbocycles. The van der Waals surface area contributed by atoms with Crippen LogP contribution in [0.1, 0.15) is 18.4 Å². The molecule has 1 aliphatic rings. The molecule has 2 rings (SSSR count). The van der Waals surface area contributed by atoms with Crippen molar-refractivity contribution in [3.05, 3.63) is 29.8 Å². The van der Waals surface area contributed by atoms with E-state index >= 15 is 0 Å². The topological polar surface area (TPSA) is 46.6 Å². The standard InChI is InChI=1S/C13H15NO3/c1-17-13(16)9-14-11-7-3-2-5-10(11)6-4-8-12(14)15/h2-3,5,7H,4,6,8-9H2,1H3. The lowest BCUT2D eigenvalue weighted by molar-refractivity contribution is -0.140. The summed E-state index contributed by atoms with van der Waals surface area (Å²) in [6.45, 7) is -0.00759. The average Bonchev–Trinajstić information content (AvgIpc) is 2.50. The van der Waals surface area contributed by atoms with Gasteiger partial charge >= 0.3 is 5.97 Å². The van der Waals surface area contributed by atoms with E-state index < -0.39 is 5.97 Å². The van der Waals surface area contributed by atoms with Crippen LogP contribution in [0.3, 0.4) is 0 Å². The highest BCUT2D eigenvalue weighted by Gasteiger charge is 2.23. The van der Waals surface area contributed by atoms with Crippen molar-refractivity contribution in [2.75, 3.05) is 18.6 Å². The highest BCUT2D eigenvalue weighted by molar-refractivity contribution is 5.98. The summed E-state index contributed by atoms with van der Waals surface area (Å²) in [5, 5.41) is 0. The Hall–Kier alpha value is -1.84. The number of rotatable bonds is 2. The summed E-state index contributed by atoms with van der Waals surface area (Å²) >= 11 is 0.